The van der Waals surface area contributed by atoms with Gasteiger partial charge in [-0.2, -0.15) is 0 Å². The molecule has 1 aliphatic carbocycles. The second-order valence-corrected chi connectivity index (χ2v) is 6.56. The number of likely N-dealkylation sites (tertiary alicyclic amines) is 2. The van der Waals surface area contributed by atoms with Crippen LogP contribution in [0.25, 0.3) is 0 Å². The highest BCUT2D eigenvalue weighted by atomic mass is 16.4. The lowest BCUT2D eigenvalue weighted by Crippen LogP contribution is -2.49. The standard InChI is InChI=1S/C15H26N2O2/c18-15(19)14-5-2-8-17(14)13-6-9-16(10-7-13)11-12-3-1-4-12/h12-14H,1-11H2,(H,18,19). The van der Waals surface area contributed by atoms with Crippen LogP contribution in [0.2, 0.25) is 0 Å². The Bertz CT molecular complexity index is 322. The number of hydrogen-bond acceptors (Lipinski definition) is 3. The van der Waals surface area contributed by atoms with Crippen LogP contribution in [0.5, 0.6) is 0 Å². The van der Waals surface area contributed by atoms with E-state index in [1.165, 1.54) is 38.9 Å². The van der Waals surface area contributed by atoms with Crippen LogP contribution in [0, 0.1) is 5.92 Å². The summed E-state index contributed by atoms with van der Waals surface area (Å²) in [6.45, 7) is 4.62. The Labute approximate surface area is 115 Å². The second kappa shape index (κ2) is 5.80. The van der Waals surface area contributed by atoms with Crippen LogP contribution >= 0.6 is 0 Å². The van der Waals surface area contributed by atoms with Crippen molar-refractivity contribution in [3.05, 3.63) is 0 Å². The van der Waals surface area contributed by atoms with Crippen molar-refractivity contribution in [3.63, 3.8) is 0 Å². The molecule has 1 N–H and O–H groups in total. The fourth-order valence-corrected chi connectivity index (χ4v) is 3.97. The molecule has 0 radical (unpaired) electrons. The molecule has 0 aromatic rings. The van der Waals surface area contributed by atoms with E-state index in [0.29, 0.717) is 6.04 Å². The number of aliphatic carboxylic acids is 1. The normalized spacial score (nSPS) is 31.5. The van der Waals surface area contributed by atoms with Crippen LogP contribution in [-0.4, -0.2) is 59.1 Å². The molecular formula is C15H26N2O2. The number of carboxylic acid groups (broad SMARTS) is 1. The fraction of sp³-hybridized carbons (Fsp3) is 0.933. The molecule has 0 aromatic heterocycles. The molecule has 1 atom stereocenters. The van der Waals surface area contributed by atoms with E-state index in [4.69, 9.17) is 0 Å². The van der Waals surface area contributed by atoms with Gasteiger partial charge < -0.3 is 10.0 Å². The molecule has 3 fully saturated rings. The predicted molar refractivity (Wildman–Crippen MR) is 74.2 cm³/mol. The topological polar surface area (TPSA) is 43.8 Å². The number of piperidine rings is 1. The van der Waals surface area contributed by atoms with Crippen LogP contribution in [0.1, 0.15) is 44.9 Å². The first-order valence-corrected chi connectivity index (χ1v) is 7.95. The van der Waals surface area contributed by atoms with Gasteiger partial charge in [0, 0.05) is 12.6 Å². The van der Waals surface area contributed by atoms with Gasteiger partial charge in [0.25, 0.3) is 0 Å². The number of nitrogens with zero attached hydrogens (tertiary/aromatic N) is 2. The maximum atomic E-state index is 11.3. The van der Waals surface area contributed by atoms with Crippen molar-refractivity contribution in [3.8, 4) is 0 Å². The molecule has 2 saturated heterocycles. The Morgan fingerprint density at radius 2 is 1.74 bits per heavy atom. The summed E-state index contributed by atoms with van der Waals surface area (Å²) in [5.41, 5.74) is 0. The van der Waals surface area contributed by atoms with Crippen LogP contribution < -0.4 is 0 Å². The molecule has 19 heavy (non-hydrogen) atoms. The summed E-state index contributed by atoms with van der Waals surface area (Å²) in [5.74, 6) is 0.338. The SMILES string of the molecule is O=C(O)C1CCCN1C1CCN(CC2CCC2)CC1. The molecule has 2 aliphatic heterocycles. The van der Waals surface area contributed by atoms with Gasteiger partial charge in [0.05, 0.1) is 0 Å². The van der Waals surface area contributed by atoms with Gasteiger partial charge in [-0.25, -0.2) is 0 Å². The van der Waals surface area contributed by atoms with Gasteiger partial charge in [0.15, 0.2) is 0 Å². The largest absolute Gasteiger partial charge is 0.480 e. The molecule has 0 bridgehead atoms. The quantitative estimate of drug-likeness (QED) is 0.842. The van der Waals surface area contributed by atoms with Crippen molar-refractivity contribution in [2.75, 3.05) is 26.2 Å². The van der Waals surface area contributed by atoms with Gasteiger partial charge in [-0.15, -0.1) is 0 Å². The summed E-state index contributed by atoms with van der Waals surface area (Å²) >= 11 is 0. The molecule has 3 aliphatic rings. The monoisotopic (exact) mass is 266 g/mol. The van der Waals surface area contributed by atoms with Crippen molar-refractivity contribution in [2.24, 2.45) is 5.92 Å². The first-order chi connectivity index (χ1) is 9.24. The summed E-state index contributed by atoms with van der Waals surface area (Å²) in [7, 11) is 0. The van der Waals surface area contributed by atoms with E-state index in [-0.39, 0.29) is 6.04 Å². The Kier molecular flexibility index (Phi) is 4.08. The zero-order chi connectivity index (χ0) is 13.2. The maximum absolute atomic E-state index is 11.3. The molecule has 1 saturated carbocycles. The molecule has 4 nitrogen and oxygen atoms in total. The van der Waals surface area contributed by atoms with Crippen LogP contribution in [-0.2, 0) is 4.79 Å². The lowest BCUT2D eigenvalue weighted by Gasteiger charge is -2.40. The Hall–Kier alpha value is -0.610. The summed E-state index contributed by atoms with van der Waals surface area (Å²) in [6, 6.07) is 0.310. The molecule has 0 amide bonds. The molecule has 0 aromatic carbocycles. The molecule has 0 spiro atoms. The van der Waals surface area contributed by atoms with Crippen LogP contribution in [0.3, 0.4) is 0 Å². The van der Waals surface area contributed by atoms with Gasteiger partial charge >= 0.3 is 5.97 Å². The Morgan fingerprint density at radius 3 is 2.32 bits per heavy atom. The van der Waals surface area contributed by atoms with Gasteiger partial charge in [0.2, 0.25) is 0 Å². The molecule has 108 valence electrons. The van der Waals surface area contributed by atoms with Crippen LogP contribution in [0.4, 0.5) is 0 Å². The minimum absolute atomic E-state index is 0.205. The lowest BCUT2D eigenvalue weighted by molar-refractivity contribution is -0.143. The van der Waals surface area contributed by atoms with Crippen molar-refractivity contribution in [2.45, 2.75) is 57.0 Å². The summed E-state index contributed by atoms with van der Waals surface area (Å²) in [6.07, 6.45) is 8.50. The second-order valence-electron chi connectivity index (χ2n) is 6.56. The van der Waals surface area contributed by atoms with Gasteiger partial charge in [-0.3, -0.25) is 9.69 Å². The highest BCUT2D eigenvalue weighted by molar-refractivity contribution is 5.73. The average molecular weight is 266 g/mol. The van der Waals surface area contributed by atoms with E-state index in [1.54, 1.807) is 0 Å². The number of carboxylic acids is 1. The highest BCUT2D eigenvalue weighted by Gasteiger charge is 2.36. The molecule has 4 heteroatoms. The average Bonchev–Trinajstić information content (AvgIpc) is 2.84. The van der Waals surface area contributed by atoms with Crippen molar-refractivity contribution < 1.29 is 9.90 Å². The smallest absolute Gasteiger partial charge is 0.320 e. The minimum atomic E-state index is -0.616. The molecule has 2 heterocycles. The molecule has 1 unspecified atom stereocenters. The first kappa shape index (κ1) is 13.4. The molecule has 3 rings (SSSR count). The van der Waals surface area contributed by atoms with Gasteiger partial charge in [0.1, 0.15) is 6.04 Å². The first-order valence-electron chi connectivity index (χ1n) is 7.95. The fourth-order valence-electron chi connectivity index (χ4n) is 3.97. The van der Waals surface area contributed by atoms with E-state index in [9.17, 15) is 9.90 Å². The van der Waals surface area contributed by atoms with E-state index in [0.717, 1.165) is 38.1 Å². The third-order valence-electron chi connectivity index (χ3n) is 5.35. The third kappa shape index (κ3) is 2.95. The summed E-state index contributed by atoms with van der Waals surface area (Å²) in [4.78, 5) is 16.1. The van der Waals surface area contributed by atoms with E-state index >= 15 is 0 Å². The zero-order valence-corrected chi connectivity index (χ0v) is 11.8. The van der Waals surface area contributed by atoms with Gasteiger partial charge in [-0.05, 0) is 64.1 Å². The lowest BCUT2D eigenvalue weighted by atomic mass is 9.84. The third-order valence-corrected chi connectivity index (χ3v) is 5.35. The van der Waals surface area contributed by atoms with E-state index in [2.05, 4.69) is 9.80 Å². The molecular weight excluding hydrogens is 240 g/mol. The van der Waals surface area contributed by atoms with Crippen molar-refractivity contribution in [1.82, 2.24) is 9.80 Å². The highest BCUT2D eigenvalue weighted by Crippen LogP contribution is 2.30. The zero-order valence-electron chi connectivity index (χ0n) is 11.8. The number of carbonyl (C=O) groups is 1. The van der Waals surface area contributed by atoms with E-state index < -0.39 is 5.97 Å². The summed E-state index contributed by atoms with van der Waals surface area (Å²) in [5, 5.41) is 9.27. The summed E-state index contributed by atoms with van der Waals surface area (Å²) < 4.78 is 0. The number of rotatable bonds is 4. The maximum Gasteiger partial charge on any atom is 0.320 e. The number of hydrogen-bond donors (Lipinski definition) is 1. The van der Waals surface area contributed by atoms with Crippen molar-refractivity contribution in [1.29, 1.82) is 0 Å². The minimum Gasteiger partial charge on any atom is -0.480 e. The van der Waals surface area contributed by atoms with Crippen LogP contribution in [0.15, 0.2) is 0 Å². The van der Waals surface area contributed by atoms with Gasteiger partial charge in [-0.1, -0.05) is 6.42 Å². The van der Waals surface area contributed by atoms with E-state index in [1.807, 2.05) is 0 Å². The Balaban J connectivity index is 1.47. The Morgan fingerprint density at radius 1 is 1.00 bits per heavy atom. The predicted octanol–water partition coefficient (Wildman–Crippen LogP) is 1.80. The van der Waals surface area contributed by atoms with Crippen molar-refractivity contribution >= 4 is 5.97 Å².